The van der Waals surface area contributed by atoms with Crippen LogP contribution in [0.2, 0.25) is 0 Å². The highest BCUT2D eigenvalue weighted by Gasteiger charge is 2.11. The molecule has 4 heteroatoms. The van der Waals surface area contributed by atoms with Crippen LogP contribution in [0.5, 0.6) is 0 Å². The molecule has 0 saturated carbocycles. The number of benzene rings is 1. The molecule has 0 radical (unpaired) electrons. The first-order chi connectivity index (χ1) is 7.04. The minimum atomic E-state index is -1.25. The van der Waals surface area contributed by atoms with Crippen LogP contribution in [-0.2, 0) is 0 Å². The van der Waals surface area contributed by atoms with Crippen molar-refractivity contribution in [3.8, 4) is 0 Å². The molecule has 1 rings (SSSR count). The maximum absolute atomic E-state index is 13.0. The minimum Gasteiger partial charge on any atom is -0.478 e. The number of halogens is 1. The van der Waals surface area contributed by atoms with Gasteiger partial charge in [-0.05, 0) is 31.5 Å². The Morgan fingerprint density at radius 3 is 2.80 bits per heavy atom. The summed E-state index contributed by atoms with van der Waals surface area (Å²) in [7, 11) is 0. The van der Waals surface area contributed by atoms with Gasteiger partial charge >= 0.3 is 5.97 Å². The molecule has 0 aliphatic carbocycles. The van der Waals surface area contributed by atoms with Gasteiger partial charge in [-0.1, -0.05) is 6.92 Å². The predicted molar refractivity (Wildman–Crippen MR) is 56.7 cm³/mol. The molecular formula is C11H14FNO2. The van der Waals surface area contributed by atoms with Crippen molar-refractivity contribution in [1.29, 1.82) is 0 Å². The highest BCUT2D eigenvalue weighted by atomic mass is 19.1. The molecule has 0 heterocycles. The summed E-state index contributed by atoms with van der Waals surface area (Å²) in [6, 6.07) is 4.24. The molecule has 0 aromatic heterocycles. The quantitative estimate of drug-likeness (QED) is 0.805. The van der Waals surface area contributed by atoms with Crippen LogP contribution in [0.25, 0.3) is 0 Å². The molecule has 82 valence electrons. The predicted octanol–water partition coefficient (Wildman–Crippen LogP) is 2.73. The van der Waals surface area contributed by atoms with Gasteiger partial charge in [0, 0.05) is 11.7 Å². The van der Waals surface area contributed by atoms with E-state index in [1.165, 1.54) is 12.1 Å². The lowest BCUT2D eigenvalue weighted by Crippen LogP contribution is -2.14. The van der Waals surface area contributed by atoms with E-state index in [0.29, 0.717) is 5.69 Å². The summed E-state index contributed by atoms with van der Waals surface area (Å²) in [5.41, 5.74) is 0.325. The first-order valence-corrected chi connectivity index (χ1v) is 4.84. The van der Waals surface area contributed by atoms with E-state index in [4.69, 9.17) is 5.11 Å². The van der Waals surface area contributed by atoms with E-state index in [2.05, 4.69) is 5.32 Å². The van der Waals surface area contributed by atoms with Gasteiger partial charge in [0.05, 0.1) is 5.56 Å². The number of rotatable bonds is 4. The lowest BCUT2D eigenvalue weighted by molar-refractivity contribution is 0.0692. The van der Waals surface area contributed by atoms with Gasteiger partial charge in [-0.2, -0.15) is 0 Å². The van der Waals surface area contributed by atoms with E-state index in [1.54, 1.807) is 0 Å². The molecule has 15 heavy (non-hydrogen) atoms. The zero-order chi connectivity index (χ0) is 11.4. The van der Waals surface area contributed by atoms with Crippen LogP contribution in [-0.4, -0.2) is 17.1 Å². The third-order valence-electron chi connectivity index (χ3n) is 2.22. The SMILES string of the molecule is CCC(C)Nc1ccc(F)c(C(=O)O)c1. The Hall–Kier alpha value is -1.58. The minimum absolute atomic E-state index is 0.233. The summed E-state index contributed by atoms with van der Waals surface area (Å²) < 4.78 is 13.0. The summed E-state index contributed by atoms with van der Waals surface area (Å²) in [4.78, 5) is 10.7. The van der Waals surface area contributed by atoms with Gasteiger partial charge in [0.2, 0.25) is 0 Å². The molecule has 0 fully saturated rings. The van der Waals surface area contributed by atoms with Gasteiger partial charge in [-0.25, -0.2) is 9.18 Å². The average Bonchev–Trinajstić information content (AvgIpc) is 2.20. The van der Waals surface area contributed by atoms with Crippen LogP contribution in [0.4, 0.5) is 10.1 Å². The lowest BCUT2D eigenvalue weighted by atomic mass is 10.1. The van der Waals surface area contributed by atoms with E-state index in [-0.39, 0.29) is 11.6 Å². The van der Waals surface area contributed by atoms with Crippen molar-refractivity contribution in [1.82, 2.24) is 0 Å². The van der Waals surface area contributed by atoms with Crippen LogP contribution in [0.15, 0.2) is 18.2 Å². The van der Waals surface area contributed by atoms with Crippen molar-refractivity contribution >= 4 is 11.7 Å². The van der Waals surface area contributed by atoms with E-state index in [9.17, 15) is 9.18 Å². The number of aromatic carboxylic acids is 1. The zero-order valence-corrected chi connectivity index (χ0v) is 8.75. The maximum atomic E-state index is 13.0. The molecule has 0 amide bonds. The lowest BCUT2D eigenvalue weighted by Gasteiger charge is -2.13. The second kappa shape index (κ2) is 4.77. The zero-order valence-electron chi connectivity index (χ0n) is 8.75. The van der Waals surface area contributed by atoms with E-state index >= 15 is 0 Å². The van der Waals surface area contributed by atoms with Crippen LogP contribution < -0.4 is 5.32 Å². The second-order valence-corrected chi connectivity index (χ2v) is 3.45. The number of carboxylic acids is 1. The van der Waals surface area contributed by atoms with E-state index < -0.39 is 11.8 Å². The molecule has 0 spiro atoms. The first-order valence-electron chi connectivity index (χ1n) is 4.84. The Labute approximate surface area is 87.9 Å². The Kier molecular flexibility index (Phi) is 3.66. The fourth-order valence-corrected chi connectivity index (χ4v) is 1.17. The van der Waals surface area contributed by atoms with Crippen molar-refractivity contribution in [2.75, 3.05) is 5.32 Å². The number of nitrogens with one attached hydrogen (secondary N) is 1. The van der Waals surface area contributed by atoms with Crippen molar-refractivity contribution in [3.63, 3.8) is 0 Å². The normalized spacial score (nSPS) is 12.2. The molecule has 1 atom stereocenters. The van der Waals surface area contributed by atoms with Crippen LogP contribution in [0.3, 0.4) is 0 Å². The number of hydrogen-bond donors (Lipinski definition) is 2. The van der Waals surface area contributed by atoms with Crippen molar-refractivity contribution in [2.24, 2.45) is 0 Å². The van der Waals surface area contributed by atoms with Gasteiger partial charge in [-0.3, -0.25) is 0 Å². The van der Waals surface area contributed by atoms with Crippen LogP contribution in [0, 0.1) is 5.82 Å². The molecular weight excluding hydrogens is 197 g/mol. The number of anilines is 1. The molecule has 1 unspecified atom stereocenters. The molecule has 0 bridgehead atoms. The van der Waals surface area contributed by atoms with E-state index in [0.717, 1.165) is 12.5 Å². The fourth-order valence-electron chi connectivity index (χ4n) is 1.17. The average molecular weight is 211 g/mol. The largest absolute Gasteiger partial charge is 0.478 e. The molecule has 3 nitrogen and oxygen atoms in total. The monoisotopic (exact) mass is 211 g/mol. The van der Waals surface area contributed by atoms with Gasteiger partial charge in [0.15, 0.2) is 0 Å². The Bertz CT molecular complexity index is 366. The molecule has 0 saturated heterocycles. The molecule has 0 aliphatic heterocycles. The fraction of sp³-hybridized carbons (Fsp3) is 0.364. The van der Waals surface area contributed by atoms with Gasteiger partial charge in [0.25, 0.3) is 0 Å². The van der Waals surface area contributed by atoms with Gasteiger partial charge < -0.3 is 10.4 Å². The van der Waals surface area contributed by atoms with Crippen LogP contribution in [0.1, 0.15) is 30.6 Å². The molecule has 1 aromatic rings. The number of carboxylic acid groups (broad SMARTS) is 1. The Balaban J connectivity index is 2.92. The summed E-state index contributed by atoms with van der Waals surface area (Å²) in [6.45, 7) is 3.99. The summed E-state index contributed by atoms with van der Waals surface area (Å²) >= 11 is 0. The molecule has 1 aromatic carbocycles. The third-order valence-corrected chi connectivity index (χ3v) is 2.22. The smallest absolute Gasteiger partial charge is 0.338 e. The maximum Gasteiger partial charge on any atom is 0.338 e. The highest BCUT2D eigenvalue weighted by molar-refractivity contribution is 5.89. The van der Waals surface area contributed by atoms with Crippen molar-refractivity contribution in [2.45, 2.75) is 26.3 Å². The van der Waals surface area contributed by atoms with Gasteiger partial charge in [0.1, 0.15) is 5.82 Å². The van der Waals surface area contributed by atoms with E-state index in [1.807, 2.05) is 13.8 Å². The third kappa shape index (κ3) is 2.94. The Morgan fingerprint density at radius 1 is 1.60 bits per heavy atom. The molecule has 0 aliphatic rings. The summed E-state index contributed by atoms with van der Waals surface area (Å²) in [5.74, 6) is -1.96. The topological polar surface area (TPSA) is 49.3 Å². The highest BCUT2D eigenvalue weighted by Crippen LogP contribution is 2.16. The second-order valence-electron chi connectivity index (χ2n) is 3.45. The number of hydrogen-bond acceptors (Lipinski definition) is 2. The Morgan fingerprint density at radius 2 is 2.27 bits per heavy atom. The number of carbonyl (C=O) groups is 1. The standard InChI is InChI=1S/C11H14FNO2/c1-3-7(2)13-8-4-5-10(12)9(6-8)11(14)15/h4-7,13H,3H2,1-2H3,(H,14,15). The van der Waals surface area contributed by atoms with Crippen molar-refractivity contribution in [3.05, 3.63) is 29.6 Å². The first kappa shape index (κ1) is 11.5. The molecule has 2 N–H and O–H groups in total. The summed E-state index contributed by atoms with van der Waals surface area (Å²) in [6.07, 6.45) is 0.916. The van der Waals surface area contributed by atoms with Crippen molar-refractivity contribution < 1.29 is 14.3 Å². The van der Waals surface area contributed by atoms with Crippen LogP contribution >= 0.6 is 0 Å². The van der Waals surface area contributed by atoms with Gasteiger partial charge in [-0.15, -0.1) is 0 Å². The summed E-state index contributed by atoms with van der Waals surface area (Å²) in [5, 5.41) is 11.8.